The fourth-order valence-electron chi connectivity index (χ4n) is 2.98. The van der Waals surface area contributed by atoms with Crippen LogP contribution in [0.4, 0.5) is 0 Å². The van der Waals surface area contributed by atoms with E-state index in [2.05, 4.69) is 5.32 Å². The van der Waals surface area contributed by atoms with Crippen molar-refractivity contribution < 1.29 is 9.59 Å². The molecule has 0 aromatic heterocycles. The second kappa shape index (κ2) is 6.29. The van der Waals surface area contributed by atoms with Crippen molar-refractivity contribution in [3.63, 3.8) is 0 Å². The molecule has 0 radical (unpaired) electrons. The smallest absolute Gasteiger partial charge is 0.249 e. The molecule has 112 valence electrons. The number of nitrogens with zero attached hydrogens (tertiary/aromatic N) is 1. The van der Waals surface area contributed by atoms with Crippen LogP contribution in [0, 0.1) is 5.92 Å². The van der Waals surface area contributed by atoms with Gasteiger partial charge in [0.15, 0.2) is 0 Å². The lowest BCUT2D eigenvalue weighted by Crippen LogP contribution is -2.44. The number of amides is 2. The molecule has 1 aromatic carbocycles. The van der Waals surface area contributed by atoms with Crippen molar-refractivity contribution in [3.05, 3.63) is 35.9 Å². The lowest BCUT2D eigenvalue weighted by molar-refractivity contribution is -0.137. The molecule has 1 atom stereocenters. The average Bonchev–Trinajstić information content (AvgIpc) is 2.97. The summed E-state index contributed by atoms with van der Waals surface area (Å²) >= 11 is 0. The van der Waals surface area contributed by atoms with Crippen molar-refractivity contribution in [2.24, 2.45) is 5.92 Å². The summed E-state index contributed by atoms with van der Waals surface area (Å²) in [5.41, 5.74) is 0.877. The Morgan fingerprint density at radius 2 is 1.71 bits per heavy atom. The first-order chi connectivity index (χ1) is 10.3. The highest BCUT2D eigenvalue weighted by Crippen LogP contribution is 2.28. The topological polar surface area (TPSA) is 49.4 Å². The maximum atomic E-state index is 12.7. The Kier molecular flexibility index (Phi) is 4.23. The number of benzene rings is 1. The number of likely N-dealkylation sites (tertiary alicyclic amines) is 1. The van der Waals surface area contributed by atoms with Gasteiger partial charge in [0.05, 0.1) is 0 Å². The van der Waals surface area contributed by atoms with E-state index in [1.54, 1.807) is 0 Å². The quantitative estimate of drug-likeness (QED) is 0.923. The predicted molar refractivity (Wildman–Crippen MR) is 80.5 cm³/mol. The fourth-order valence-corrected chi connectivity index (χ4v) is 2.98. The van der Waals surface area contributed by atoms with Crippen LogP contribution in [0.1, 0.15) is 43.7 Å². The minimum atomic E-state index is -0.530. The van der Waals surface area contributed by atoms with Crippen molar-refractivity contribution in [1.29, 1.82) is 0 Å². The molecular formula is C17H22N2O2. The molecule has 1 aliphatic carbocycles. The minimum Gasteiger partial charge on any atom is -0.341 e. The second-order valence-electron chi connectivity index (χ2n) is 6.01. The van der Waals surface area contributed by atoms with Crippen molar-refractivity contribution in [2.45, 2.75) is 38.1 Å². The van der Waals surface area contributed by atoms with Gasteiger partial charge in [0.1, 0.15) is 6.04 Å². The zero-order valence-electron chi connectivity index (χ0n) is 12.3. The van der Waals surface area contributed by atoms with Gasteiger partial charge < -0.3 is 10.2 Å². The molecule has 4 nitrogen and oxygen atoms in total. The van der Waals surface area contributed by atoms with Gasteiger partial charge in [-0.2, -0.15) is 0 Å². The largest absolute Gasteiger partial charge is 0.341 e. The second-order valence-corrected chi connectivity index (χ2v) is 6.01. The van der Waals surface area contributed by atoms with Gasteiger partial charge >= 0.3 is 0 Å². The first kappa shape index (κ1) is 14.1. The molecule has 1 saturated carbocycles. The number of hydrogen-bond donors (Lipinski definition) is 1. The van der Waals surface area contributed by atoms with Gasteiger partial charge in [-0.25, -0.2) is 0 Å². The summed E-state index contributed by atoms with van der Waals surface area (Å²) in [4.78, 5) is 26.8. The van der Waals surface area contributed by atoms with Gasteiger partial charge in [0, 0.05) is 19.0 Å². The van der Waals surface area contributed by atoms with Crippen LogP contribution in [0.3, 0.4) is 0 Å². The summed E-state index contributed by atoms with van der Waals surface area (Å²) < 4.78 is 0. The van der Waals surface area contributed by atoms with Crippen LogP contribution in [-0.2, 0) is 9.59 Å². The molecule has 1 N–H and O–H groups in total. The average molecular weight is 286 g/mol. The summed E-state index contributed by atoms with van der Waals surface area (Å²) in [6.45, 7) is 1.61. The Bertz CT molecular complexity index is 505. The molecule has 1 saturated heterocycles. The lowest BCUT2D eigenvalue weighted by atomic mass is 9.84. The van der Waals surface area contributed by atoms with Crippen LogP contribution >= 0.6 is 0 Å². The van der Waals surface area contributed by atoms with Gasteiger partial charge in [0.25, 0.3) is 0 Å². The zero-order chi connectivity index (χ0) is 14.7. The Hall–Kier alpha value is -1.84. The van der Waals surface area contributed by atoms with E-state index in [-0.39, 0.29) is 17.7 Å². The molecule has 2 aliphatic rings. The van der Waals surface area contributed by atoms with Crippen LogP contribution in [0.25, 0.3) is 0 Å². The van der Waals surface area contributed by atoms with Gasteiger partial charge in [-0.3, -0.25) is 9.59 Å². The normalized spacial score (nSPS) is 19.9. The van der Waals surface area contributed by atoms with Crippen LogP contribution in [0.15, 0.2) is 30.3 Å². The van der Waals surface area contributed by atoms with Crippen molar-refractivity contribution in [3.8, 4) is 0 Å². The summed E-state index contributed by atoms with van der Waals surface area (Å²) in [5.74, 6) is 0.164. The van der Waals surface area contributed by atoms with Gasteiger partial charge in [0.2, 0.25) is 11.8 Å². The first-order valence-corrected chi connectivity index (χ1v) is 7.90. The third-order valence-corrected chi connectivity index (χ3v) is 4.56. The summed E-state index contributed by atoms with van der Waals surface area (Å²) in [6.07, 6.45) is 5.14. The molecule has 0 unspecified atom stereocenters. The molecule has 4 heteroatoms. The zero-order valence-corrected chi connectivity index (χ0v) is 12.3. The fraction of sp³-hybridized carbons (Fsp3) is 0.529. The maximum absolute atomic E-state index is 12.7. The maximum Gasteiger partial charge on any atom is 0.249 e. The Morgan fingerprint density at radius 1 is 1.05 bits per heavy atom. The van der Waals surface area contributed by atoms with E-state index in [0.29, 0.717) is 0 Å². The van der Waals surface area contributed by atoms with E-state index in [4.69, 9.17) is 0 Å². The number of rotatable bonds is 4. The highest BCUT2D eigenvalue weighted by atomic mass is 16.2. The van der Waals surface area contributed by atoms with Gasteiger partial charge in [-0.1, -0.05) is 36.8 Å². The van der Waals surface area contributed by atoms with E-state index in [1.165, 1.54) is 0 Å². The lowest BCUT2D eigenvalue weighted by Gasteiger charge is -2.29. The van der Waals surface area contributed by atoms with E-state index < -0.39 is 6.04 Å². The van der Waals surface area contributed by atoms with E-state index in [9.17, 15) is 9.59 Å². The number of carbonyl (C=O) groups is 2. The molecule has 21 heavy (non-hydrogen) atoms. The highest BCUT2D eigenvalue weighted by Gasteiger charge is 2.32. The van der Waals surface area contributed by atoms with Crippen molar-refractivity contribution >= 4 is 11.8 Å². The number of hydrogen-bond acceptors (Lipinski definition) is 2. The molecule has 0 bridgehead atoms. The minimum absolute atomic E-state index is 0.0302. The summed E-state index contributed by atoms with van der Waals surface area (Å²) in [6, 6.07) is 9.05. The van der Waals surface area contributed by atoms with E-state index in [1.807, 2.05) is 35.2 Å². The Labute approximate surface area is 125 Å². The summed E-state index contributed by atoms with van der Waals surface area (Å²) in [5, 5.41) is 2.98. The van der Waals surface area contributed by atoms with Crippen molar-refractivity contribution in [2.75, 3.05) is 13.1 Å². The standard InChI is InChI=1S/C17H22N2O2/c20-16(14-9-6-10-14)18-15(13-7-2-1-3-8-13)17(21)19-11-4-5-12-19/h1-3,7-8,14-15H,4-6,9-12H2,(H,18,20)/t15-/m1/s1. The monoisotopic (exact) mass is 286 g/mol. The molecular weight excluding hydrogens is 264 g/mol. The molecule has 1 aromatic rings. The first-order valence-electron chi connectivity index (χ1n) is 7.90. The molecule has 0 spiro atoms. The van der Waals surface area contributed by atoms with Gasteiger partial charge in [-0.05, 0) is 31.2 Å². The van der Waals surface area contributed by atoms with Crippen LogP contribution in [-0.4, -0.2) is 29.8 Å². The molecule has 1 heterocycles. The molecule has 2 amide bonds. The van der Waals surface area contributed by atoms with Crippen LogP contribution in [0.5, 0.6) is 0 Å². The third-order valence-electron chi connectivity index (χ3n) is 4.56. The molecule has 1 aliphatic heterocycles. The summed E-state index contributed by atoms with van der Waals surface area (Å²) in [7, 11) is 0. The van der Waals surface area contributed by atoms with E-state index in [0.717, 1.165) is 50.8 Å². The Balaban J connectivity index is 1.76. The third kappa shape index (κ3) is 3.09. The Morgan fingerprint density at radius 3 is 2.29 bits per heavy atom. The van der Waals surface area contributed by atoms with Crippen molar-refractivity contribution in [1.82, 2.24) is 10.2 Å². The molecule has 2 fully saturated rings. The van der Waals surface area contributed by atoms with Crippen LogP contribution < -0.4 is 5.32 Å². The van der Waals surface area contributed by atoms with E-state index >= 15 is 0 Å². The highest BCUT2D eigenvalue weighted by molar-refractivity contribution is 5.89. The number of carbonyl (C=O) groups excluding carboxylic acids is 2. The predicted octanol–water partition coefficient (Wildman–Crippen LogP) is 2.27. The SMILES string of the molecule is O=C(N[C@@H](C(=O)N1CCCC1)c1ccccc1)C1CCC1. The number of nitrogens with one attached hydrogen (secondary N) is 1. The van der Waals surface area contributed by atoms with Crippen LogP contribution in [0.2, 0.25) is 0 Å². The van der Waals surface area contributed by atoms with Gasteiger partial charge in [-0.15, -0.1) is 0 Å². The molecule has 3 rings (SSSR count).